The summed E-state index contributed by atoms with van der Waals surface area (Å²) in [5.74, 6) is 0. The van der Waals surface area contributed by atoms with Gasteiger partial charge in [-0.2, -0.15) is 0 Å². The van der Waals surface area contributed by atoms with Gasteiger partial charge in [-0.1, -0.05) is 84.9 Å². The van der Waals surface area contributed by atoms with Gasteiger partial charge in [0.25, 0.3) is 0 Å². The Hall–Kier alpha value is -3.88. The molecular weight excluding hydrogens is 742 g/mol. The Balaban J connectivity index is 1.68. The first-order chi connectivity index (χ1) is 20.6. The summed E-state index contributed by atoms with van der Waals surface area (Å²) in [5, 5.41) is 13.6. The van der Waals surface area contributed by atoms with Gasteiger partial charge in [0.05, 0.1) is 0 Å². The second-order valence-electron chi connectivity index (χ2n) is 10.7. The molecule has 0 fully saturated rings. The van der Waals surface area contributed by atoms with Crippen molar-refractivity contribution in [2.45, 2.75) is 0 Å². The van der Waals surface area contributed by atoms with E-state index in [9.17, 15) is 9.59 Å². The van der Waals surface area contributed by atoms with E-state index in [0.29, 0.717) is 11.1 Å². The fourth-order valence-electron chi connectivity index (χ4n) is 6.57. The van der Waals surface area contributed by atoms with E-state index >= 15 is 0 Å². The monoisotopic (exact) mass is 762 g/mol. The molecule has 198 valence electrons. The number of carbonyl (C=O) groups excluding carboxylic acids is 2. The van der Waals surface area contributed by atoms with Crippen LogP contribution in [-0.2, 0) is 0 Å². The van der Waals surface area contributed by atoms with Crippen molar-refractivity contribution in [3.63, 3.8) is 0 Å². The van der Waals surface area contributed by atoms with Crippen LogP contribution < -0.4 is 0 Å². The van der Waals surface area contributed by atoms with Crippen LogP contribution in [0.2, 0.25) is 0 Å². The summed E-state index contributed by atoms with van der Waals surface area (Å²) in [6.45, 7) is 0. The molecule has 42 heavy (non-hydrogen) atoms. The standard InChI is InChI=1S/C38H20I2O2/c39-37-25(20-42)18-32-30(38(37)40)14-13-29-27-8-4-2-6-24(27)17-34(36(29)32)33-16-23-5-1-3-7-26(23)28-12-11-22-10-9-21(19-41)15-31(22)35(28)33/h1-20H. The molecule has 0 N–H and O–H groups in total. The Morgan fingerprint density at radius 3 is 1.64 bits per heavy atom. The van der Waals surface area contributed by atoms with Gasteiger partial charge >= 0.3 is 0 Å². The van der Waals surface area contributed by atoms with Crippen LogP contribution in [0.5, 0.6) is 0 Å². The second-order valence-corrected chi connectivity index (χ2v) is 12.8. The highest BCUT2D eigenvalue weighted by atomic mass is 127. The number of aldehydes is 2. The van der Waals surface area contributed by atoms with Crippen molar-refractivity contribution in [3.05, 3.63) is 127 Å². The average molecular weight is 762 g/mol. The van der Waals surface area contributed by atoms with Gasteiger partial charge in [-0.15, -0.1) is 0 Å². The highest BCUT2D eigenvalue weighted by molar-refractivity contribution is 14.1. The molecule has 0 unspecified atom stereocenters. The molecule has 0 bridgehead atoms. The maximum absolute atomic E-state index is 12.2. The van der Waals surface area contributed by atoms with Crippen molar-refractivity contribution in [1.29, 1.82) is 0 Å². The molecule has 8 rings (SSSR count). The number of fused-ring (bicyclic) bond motifs is 10. The fourth-order valence-corrected chi connectivity index (χ4v) is 7.92. The molecule has 2 nitrogen and oxygen atoms in total. The highest BCUT2D eigenvalue weighted by Crippen LogP contribution is 2.46. The van der Waals surface area contributed by atoms with Crippen molar-refractivity contribution in [2.75, 3.05) is 0 Å². The van der Waals surface area contributed by atoms with Gasteiger partial charge < -0.3 is 0 Å². The van der Waals surface area contributed by atoms with Crippen molar-refractivity contribution in [3.8, 4) is 11.1 Å². The van der Waals surface area contributed by atoms with Crippen LogP contribution in [0.3, 0.4) is 0 Å². The lowest BCUT2D eigenvalue weighted by molar-refractivity contribution is 0.111. The third-order valence-corrected chi connectivity index (χ3v) is 11.8. The van der Waals surface area contributed by atoms with Gasteiger partial charge in [0.2, 0.25) is 0 Å². The number of rotatable bonds is 3. The fraction of sp³-hybridized carbons (Fsp3) is 0. The molecule has 0 aliphatic rings. The normalized spacial score (nSPS) is 11.8. The zero-order valence-corrected chi connectivity index (χ0v) is 26.4. The largest absolute Gasteiger partial charge is 0.298 e. The molecule has 0 aliphatic heterocycles. The summed E-state index contributed by atoms with van der Waals surface area (Å²) in [4.78, 5) is 24.1. The van der Waals surface area contributed by atoms with E-state index in [1.165, 1.54) is 10.8 Å². The third-order valence-electron chi connectivity index (χ3n) is 8.47. The van der Waals surface area contributed by atoms with Crippen LogP contribution in [0, 0.1) is 7.14 Å². The van der Waals surface area contributed by atoms with E-state index in [1.54, 1.807) is 0 Å². The van der Waals surface area contributed by atoms with Crippen LogP contribution in [0.15, 0.2) is 109 Å². The zero-order chi connectivity index (χ0) is 28.5. The number of hydrogen-bond donors (Lipinski definition) is 0. The minimum atomic E-state index is 0.655. The Bertz CT molecular complexity index is 2480. The third kappa shape index (κ3) is 3.74. The minimum absolute atomic E-state index is 0.655. The van der Waals surface area contributed by atoms with Crippen LogP contribution in [-0.4, -0.2) is 12.6 Å². The molecule has 0 radical (unpaired) electrons. The Morgan fingerprint density at radius 1 is 0.429 bits per heavy atom. The Morgan fingerprint density at radius 2 is 1.00 bits per heavy atom. The SMILES string of the molecule is O=Cc1ccc2ccc3c4ccccc4cc(-c4cc5ccccc5c5ccc6c(I)c(I)c(C=O)cc6c45)c3c2c1. The Kier molecular flexibility index (Phi) is 6.05. The maximum Gasteiger partial charge on any atom is 0.151 e. The topological polar surface area (TPSA) is 34.1 Å². The summed E-state index contributed by atoms with van der Waals surface area (Å²) in [6, 6.07) is 38.4. The average Bonchev–Trinajstić information content (AvgIpc) is 3.04. The number of hydrogen-bond acceptors (Lipinski definition) is 2. The molecular formula is C38H20I2O2. The van der Waals surface area contributed by atoms with E-state index in [-0.39, 0.29) is 0 Å². The molecule has 0 aliphatic carbocycles. The van der Waals surface area contributed by atoms with Crippen molar-refractivity contribution in [2.24, 2.45) is 0 Å². The molecule has 0 saturated carbocycles. The van der Waals surface area contributed by atoms with Gasteiger partial charge in [0, 0.05) is 18.3 Å². The summed E-state index contributed by atoms with van der Waals surface area (Å²) < 4.78 is 2.05. The molecule has 0 saturated heterocycles. The summed E-state index contributed by atoms with van der Waals surface area (Å²) in [6.07, 6.45) is 1.88. The molecule has 0 aromatic heterocycles. The summed E-state index contributed by atoms with van der Waals surface area (Å²) >= 11 is 4.66. The van der Waals surface area contributed by atoms with E-state index in [4.69, 9.17) is 0 Å². The quantitative estimate of drug-likeness (QED) is 0.102. The molecule has 0 amide bonds. The van der Waals surface area contributed by atoms with E-state index < -0.39 is 0 Å². The summed E-state index contributed by atoms with van der Waals surface area (Å²) in [7, 11) is 0. The first kappa shape index (κ1) is 25.8. The number of benzene rings is 8. The number of carbonyl (C=O) groups is 2. The summed E-state index contributed by atoms with van der Waals surface area (Å²) in [5.41, 5.74) is 3.58. The van der Waals surface area contributed by atoms with Gasteiger partial charge in [0.1, 0.15) is 6.29 Å². The minimum Gasteiger partial charge on any atom is -0.298 e. The van der Waals surface area contributed by atoms with Crippen LogP contribution in [0.1, 0.15) is 20.7 Å². The van der Waals surface area contributed by atoms with Crippen molar-refractivity contribution in [1.82, 2.24) is 0 Å². The van der Waals surface area contributed by atoms with Gasteiger partial charge in [-0.3, -0.25) is 9.59 Å². The van der Waals surface area contributed by atoms with Crippen molar-refractivity contribution >= 4 is 122 Å². The van der Waals surface area contributed by atoms with Crippen LogP contribution in [0.4, 0.5) is 0 Å². The highest BCUT2D eigenvalue weighted by Gasteiger charge is 2.19. The lowest BCUT2D eigenvalue weighted by atomic mass is 9.85. The molecule has 8 aromatic carbocycles. The van der Waals surface area contributed by atoms with Gasteiger partial charge in [-0.25, -0.2) is 0 Å². The lowest BCUT2D eigenvalue weighted by Crippen LogP contribution is -1.95. The van der Waals surface area contributed by atoms with Crippen LogP contribution in [0.25, 0.3) is 75.8 Å². The van der Waals surface area contributed by atoms with E-state index in [1.807, 2.05) is 18.2 Å². The first-order valence-corrected chi connectivity index (χ1v) is 15.8. The van der Waals surface area contributed by atoms with E-state index in [2.05, 4.69) is 136 Å². The number of halogens is 2. The predicted octanol–water partition coefficient (Wildman–Crippen LogP) is 11.1. The molecule has 0 spiro atoms. The maximum atomic E-state index is 12.2. The molecule has 4 heteroatoms. The second kappa shape index (κ2) is 9.85. The Labute approximate surface area is 268 Å². The lowest BCUT2D eigenvalue weighted by Gasteiger charge is -2.19. The van der Waals surface area contributed by atoms with Crippen LogP contribution >= 0.6 is 45.2 Å². The first-order valence-electron chi connectivity index (χ1n) is 13.6. The predicted molar refractivity (Wildman–Crippen MR) is 193 cm³/mol. The smallest absolute Gasteiger partial charge is 0.151 e. The zero-order valence-electron chi connectivity index (χ0n) is 22.1. The molecule has 8 aromatic rings. The molecule has 0 heterocycles. The molecule has 0 atom stereocenters. The van der Waals surface area contributed by atoms with Gasteiger partial charge in [-0.05, 0) is 145 Å². The van der Waals surface area contributed by atoms with Gasteiger partial charge in [0.15, 0.2) is 6.29 Å². The van der Waals surface area contributed by atoms with E-state index in [0.717, 1.165) is 84.7 Å². The van der Waals surface area contributed by atoms with Crippen molar-refractivity contribution < 1.29 is 9.59 Å².